The quantitative estimate of drug-likeness (QED) is 0.775. The zero-order chi connectivity index (χ0) is 10.0. The molecule has 1 amide bonds. The van der Waals surface area contributed by atoms with E-state index in [1.165, 1.54) is 15.9 Å². The number of aryl methyl sites for hydroxylation is 1. The molecule has 13 heavy (non-hydrogen) atoms. The van der Waals surface area contributed by atoms with E-state index >= 15 is 0 Å². The molecule has 0 saturated heterocycles. The number of hydrogen-bond donors (Lipinski definition) is 1. The first-order chi connectivity index (χ1) is 6.07. The van der Waals surface area contributed by atoms with Gasteiger partial charge >= 0.3 is 0 Å². The second-order valence-corrected chi connectivity index (χ2v) is 3.52. The third kappa shape index (κ3) is 1.90. The van der Waals surface area contributed by atoms with Gasteiger partial charge in [0.2, 0.25) is 0 Å². The van der Waals surface area contributed by atoms with Crippen molar-refractivity contribution in [2.24, 2.45) is 0 Å². The number of nitrogens with one attached hydrogen (secondary N) is 1. The second-order valence-electron chi connectivity index (χ2n) is 2.55. The number of carbonyl (C=O) groups excluding carboxylic acids is 1. The molecule has 1 rings (SSSR count). The number of rotatable bonds is 1. The van der Waals surface area contributed by atoms with Crippen LogP contribution >= 0.6 is 22.9 Å². The molecule has 4 nitrogen and oxygen atoms in total. The smallest absolute Gasteiger partial charge is 0.272 e. The minimum absolute atomic E-state index is 0.169. The van der Waals surface area contributed by atoms with Crippen molar-refractivity contribution in [3.05, 3.63) is 33.7 Å². The van der Waals surface area contributed by atoms with Gasteiger partial charge in [0.25, 0.3) is 11.5 Å². The minimum atomic E-state index is -0.351. The molecule has 5 heteroatoms. The summed E-state index contributed by atoms with van der Waals surface area (Å²) in [6.07, 6.45) is 0. The molecular weight excluding hydrogens is 283 g/mol. The van der Waals surface area contributed by atoms with Crippen molar-refractivity contribution < 1.29 is 4.79 Å². The van der Waals surface area contributed by atoms with Crippen LogP contribution in [-0.2, 0) is 0 Å². The molecule has 0 aliphatic carbocycles. The summed E-state index contributed by atoms with van der Waals surface area (Å²) in [7, 11) is 1.50. The van der Waals surface area contributed by atoms with Crippen LogP contribution in [0.2, 0.25) is 0 Å². The predicted octanol–water partition coefficient (Wildman–Crippen LogP) is 0.714. The van der Waals surface area contributed by atoms with Gasteiger partial charge < -0.3 is 5.32 Å². The standard InChI is InChI=1S/C8H9IN2O2/c1-5-3-4-6(7(12)10-2)8(13)11(5)9/h3-4H,1-2H3,(H,10,12). The van der Waals surface area contributed by atoms with E-state index in [9.17, 15) is 9.59 Å². The molecule has 1 aromatic rings. The van der Waals surface area contributed by atoms with E-state index in [2.05, 4.69) is 5.32 Å². The van der Waals surface area contributed by atoms with Gasteiger partial charge in [-0.2, -0.15) is 0 Å². The molecule has 0 bridgehead atoms. The highest BCUT2D eigenvalue weighted by atomic mass is 127. The SMILES string of the molecule is CNC(=O)c1ccc(C)n(I)c1=O. The summed E-state index contributed by atoms with van der Waals surface area (Å²) in [4.78, 5) is 22.7. The number of pyridine rings is 1. The molecule has 1 heterocycles. The molecule has 0 saturated carbocycles. The van der Waals surface area contributed by atoms with E-state index in [-0.39, 0.29) is 17.0 Å². The van der Waals surface area contributed by atoms with Gasteiger partial charge in [0.15, 0.2) is 0 Å². The lowest BCUT2D eigenvalue weighted by molar-refractivity contribution is 0.0961. The summed E-state index contributed by atoms with van der Waals surface area (Å²) in [5.41, 5.74) is 0.709. The molecule has 70 valence electrons. The molecule has 1 N–H and O–H groups in total. The van der Waals surface area contributed by atoms with E-state index in [0.29, 0.717) is 0 Å². The maximum atomic E-state index is 11.5. The zero-order valence-corrected chi connectivity index (χ0v) is 9.45. The lowest BCUT2D eigenvalue weighted by Gasteiger charge is -2.03. The summed E-state index contributed by atoms with van der Waals surface area (Å²) in [6, 6.07) is 3.27. The highest BCUT2D eigenvalue weighted by Crippen LogP contribution is 2.01. The Hall–Kier alpha value is -0.850. The molecule has 1 aromatic heterocycles. The second kappa shape index (κ2) is 3.91. The molecule has 0 fully saturated rings. The minimum Gasteiger partial charge on any atom is -0.355 e. The normalized spacial score (nSPS) is 9.77. The molecule has 0 aliphatic heterocycles. The molecule has 0 spiro atoms. The fourth-order valence-electron chi connectivity index (χ4n) is 0.914. The van der Waals surface area contributed by atoms with E-state index in [1.807, 2.05) is 29.8 Å². The fraction of sp³-hybridized carbons (Fsp3) is 0.250. The highest BCUT2D eigenvalue weighted by Gasteiger charge is 2.10. The molecule has 0 atom stereocenters. The third-order valence-electron chi connectivity index (χ3n) is 1.68. The number of aromatic nitrogens is 1. The maximum absolute atomic E-state index is 11.5. The topological polar surface area (TPSA) is 51.1 Å². The van der Waals surface area contributed by atoms with Gasteiger partial charge in [-0.15, -0.1) is 0 Å². The van der Waals surface area contributed by atoms with Crippen molar-refractivity contribution in [1.29, 1.82) is 0 Å². The number of amides is 1. The van der Waals surface area contributed by atoms with Crippen LogP contribution < -0.4 is 10.9 Å². The van der Waals surface area contributed by atoms with Gasteiger partial charge in [-0.25, -0.2) is 0 Å². The largest absolute Gasteiger partial charge is 0.355 e. The average molecular weight is 292 g/mol. The first-order valence-corrected chi connectivity index (χ1v) is 4.65. The van der Waals surface area contributed by atoms with E-state index < -0.39 is 0 Å². The fourth-order valence-corrected chi connectivity index (χ4v) is 1.33. The van der Waals surface area contributed by atoms with E-state index in [4.69, 9.17) is 0 Å². The summed E-state index contributed by atoms with van der Waals surface area (Å²) in [5, 5.41) is 2.41. The molecule has 0 aromatic carbocycles. The zero-order valence-electron chi connectivity index (χ0n) is 7.30. The van der Waals surface area contributed by atoms with Gasteiger partial charge in [-0.1, -0.05) is 0 Å². The van der Waals surface area contributed by atoms with Crippen molar-refractivity contribution in [3.8, 4) is 0 Å². The summed E-state index contributed by atoms with van der Waals surface area (Å²) in [5.74, 6) is -0.351. The summed E-state index contributed by atoms with van der Waals surface area (Å²) >= 11 is 1.87. The van der Waals surface area contributed by atoms with Crippen molar-refractivity contribution in [3.63, 3.8) is 0 Å². The van der Waals surface area contributed by atoms with Gasteiger partial charge in [0.1, 0.15) is 5.56 Å². The van der Waals surface area contributed by atoms with Gasteiger partial charge in [0, 0.05) is 12.7 Å². The van der Waals surface area contributed by atoms with Crippen molar-refractivity contribution in [2.75, 3.05) is 7.05 Å². The van der Waals surface area contributed by atoms with Crippen LogP contribution in [0, 0.1) is 6.92 Å². The Balaban J connectivity index is 3.35. The lowest BCUT2D eigenvalue weighted by Crippen LogP contribution is -2.29. The molecule has 0 radical (unpaired) electrons. The van der Waals surface area contributed by atoms with Crippen LogP contribution in [0.4, 0.5) is 0 Å². The number of carbonyl (C=O) groups is 1. The van der Waals surface area contributed by atoms with Crippen molar-refractivity contribution in [1.82, 2.24) is 8.10 Å². The Morgan fingerprint density at radius 2 is 2.15 bits per heavy atom. The highest BCUT2D eigenvalue weighted by molar-refractivity contribution is 14.1. The van der Waals surface area contributed by atoms with E-state index in [0.717, 1.165) is 5.69 Å². The molecular formula is C8H9IN2O2. The Morgan fingerprint density at radius 3 is 2.69 bits per heavy atom. The predicted molar refractivity (Wildman–Crippen MR) is 58.2 cm³/mol. The number of hydrogen-bond acceptors (Lipinski definition) is 2. The van der Waals surface area contributed by atoms with Crippen LogP contribution in [0.25, 0.3) is 0 Å². The number of nitrogens with zero attached hydrogens (tertiary/aromatic N) is 1. The summed E-state index contributed by atoms with van der Waals surface area (Å²) < 4.78 is 1.42. The van der Waals surface area contributed by atoms with Gasteiger partial charge in [-0.05, 0) is 19.1 Å². The maximum Gasteiger partial charge on any atom is 0.272 e. The van der Waals surface area contributed by atoms with Crippen LogP contribution in [-0.4, -0.2) is 15.7 Å². The monoisotopic (exact) mass is 292 g/mol. The first-order valence-electron chi connectivity index (χ1n) is 3.69. The Kier molecular flexibility index (Phi) is 3.07. The van der Waals surface area contributed by atoms with Crippen LogP contribution in [0.15, 0.2) is 16.9 Å². The first kappa shape index (κ1) is 10.2. The van der Waals surface area contributed by atoms with Gasteiger partial charge in [0.05, 0.1) is 22.9 Å². The van der Waals surface area contributed by atoms with Crippen LogP contribution in [0.3, 0.4) is 0 Å². The van der Waals surface area contributed by atoms with Crippen molar-refractivity contribution >= 4 is 28.8 Å². The number of halogens is 1. The summed E-state index contributed by atoms with van der Waals surface area (Å²) in [6.45, 7) is 1.81. The lowest BCUT2D eigenvalue weighted by atomic mass is 10.2. The molecule has 0 aliphatic rings. The Morgan fingerprint density at radius 1 is 1.54 bits per heavy atom. The van der Waals surface area contributed by atoms with Gasteiger partial charge in [-0.3, -0.25) is 12.4 Å². The van der Waals surface area contributed by atoms with E-state index in [1.54, 1.807) is 6.07 Å². The molecule has 0 unspecified atom stereocenters. The Labute approximate surface area is 89.4 Å². The third-order valence-corrected chi connectivity index (χ3v) is 2.88. The van der Waals surface area contributed by atoms with Crippen molar-refractivity contribution in [2.45, 2.75) is 6.92 Å². The van der Waals surface area contributed by atoms with Crippen LogP contribution in [0.1, 0.15) is 16.1 Å². The van der Waals surface area contributed by atoms with Crippen LogP contribution in [0.5, 0.6) is 0 Å². The Bertz CT molecular complexity index is 398. The average Bonchev–Trinajstić information content (AvgIpc) is 2.13.